The minimum atomic E-state index is -0.382. The Labute approximate surface area is 47.3 Å². The lowest BCUT2D eigenvalue weighted by atomic mass is 10.3. The van der Waals surface area contributed by atoms with Crippen molar-refractivity contribution in [3.63, 3.8) is 0 Å². The molecule has 0 aromatic carbocycles. The van der Waals surface area contributed by atoms with Gasteiger partial charge in [0.05, 0.1) is 6.61 Å². The molecule has 0 aliphatic heterocycles. The largest absolute Gasteiger partial charge is 0.505 e. The van der Waals surface area contributed by atoms with E-state index in [4.69, 9.17) is 10.2 Å². The summed E-state index contributed by atoms with van der Waals surface area (Å²) in [5.41, 5.74) is 0.292. The van der Waals surface area contributed by atoms with Gasteiger partial charge in [0, 0.05) is 0 Å². The van der Waals surface area contributed by atoms with Crippen molar-refractivity contribution in [1.82, 2.24) is 0 Å². The van der Waals surface area contributed by atoms with Crippen LogP contribution in [0.25, 0.3) is 0 Å². The molecule has 0 aromatic heterocycles. The van der Waals surface area contributed by atoms with Crippen LogP contribution in [0, 0.1) is 0 Å². The molecule has 0 bridgehead atoms. The van der Waals surface area contributed by atoms with E-state index in [1.54, 1.807) is 0 Å². The van der Waals surface area contributed by atoms with Crippen LogP contribution in [0.2, 0.25) is 0 Å². The van der Waals surface area contributed by atoms with Crippen LogP contribution in [-0.4, -0.2) is 23.1 Å². The molecular formula is C5H8O3. The summed E-state index contributed by atoms with van der Waals surface area (Å²) in [6.07, 6.45) is 0.297. The number of rotatable bonds is 2. The van der Waals surface area contributed by atoms with Gasteiger partial charge in [-0.05, 0) is 12.5 Å². The van der Waals surface area contributed by atoms with E-state index in [0.29, 0.717) is 11.9 Å². The Kier molecular flexibility index (Phi) is 2.88. The van der Waals surface area contributed by atoms with Gasteiger partial charge in [-0.15, -0.1) is 0 Å². The van der Waals surface area contributed by atoms with Gasteiger partial charge in [-0.25, -0.2) is 0 Å². The molecule has 3 heteroatoms. The Bertz CT molecular complexity index is 115. The first-order valence-electron chi connectivity index (χ1n) is 2.17. The van der Waals surface area contributed by atoms with E-state index in [9.17, 15) is 4.79 Å². The highest BCUT2D eigenvalue weighted by Crippen LogP contribution is 1.93. The van der Waals surface area contributed by atoms with Gasteiger partial charge in [0.25, 0.3) is 0 Å². The van der Waals surface area contributed by atoms with Gasteiger partial charge < -0.3 is 10.2 Å². The first kappa shape index (κ1) is 7.17. The first-order chi connectivity index (χ1) is 3.72. The average Bonchev–Trinajstić information content (AvgIpc) is 1.84. The Hall–Kier alpha value is -0.830. The molecule has 0 fully saturated rings. The van der Waals surface area contributed by atoms with Crippen molar-refractivity contribution in [1.29, 1.82) is 0 Å². The zero-order valence-corrected chi connectivity index (χ0v) is 4.59. The molecule has 0 saturated heterocycles. The number of aliphatic hydroxyl groups is 2. The molecule has 0 aromatic rings. The first-order valence-corrected chi connectivity index (χ1v) is 2.17. The maximum absolute atomic E-state index is 9.69. The maximum Gasteiger partial charge on any atom is 0.184 e. The number of aldehydes is 1. The predicted octanol–water partition coefficient (Wildman–Crippen LogP) is 0.00960. The van der Waals surface area contributed by atoms with Crippen LogP contribution >= 0.6 is 0 Å². The molecule has 0 spiro atoms. The van der Waals surface area contributed by atoms with Crippen molar-refractivity contribution in [2.75, 3.05) is 6.61 Å². The molecule has 0 radical (unpaired) electrons. The lowest BCUT2D eigenvalue weighted by Gasteiger charge is -1.91. The molecule has 0 aliphatic carbocycles. The van der Waals surface area contributed by atoms with Crippen LogP contribution in [0.1, 0.15) is 6.92 Å². The second kappa shape index (κ2) is 3.21. The summed E-state index contributed by atoms with van der Waals surface area (Å²) in [6, 6.07) is 0. The van der Waals surface area contributed by atoms with E-state index in [2.05, 4.69) is 0 Å². The van der Waals surface area contributed by atoms with Crippen LogP contribution in [0.5, 0.6) is 0 Å². The quantitative estimate of drug-likeness (QED) is 0.303. The van der Waals surface area contributed by atoms with E-state index in [-0.39, 0.29) is 12.4 Å². The van der Waals surface area contributed by atoms with Crippen molar-refractivity contribution in [2.45, 2.75) is 6.92 Å². The fourth-order valence-corrected chi connectivity index (χ4v) is 0.182. The predicted molar refractivity (Wildman–Crippen MR) is 28.5 cm³/mol. The van der Waals surface area contributed by atoms with Gasteiger partial charge in [-0.2, -0.15) is 0 Å². The number of carbonyl (C=O) groups excluding carboxylic acids is 1. The minimum absolute atomic E-state index is 0.273. The number of allylic oxidation sites excluding steroid dienone is 1. The number of carbonyl (C=O) groups is 1. The highest BCUT2D eigenvalue weighted by Gasteiger charge is 1.93. The molecule has 0 unspecified atom stereocenters. The summed E-state index contributed by atoms with van der Waals surface area (Å²) in [7, 11) is 0. The molecule has 8 heavy (non-hydrogen) atoms. The van der Waals surface area contributed by atoms with E-state index in [1.165, 1.54) is 6.92 Å². The van der Waals surface area contributed by atoms with E-state index >= 15 is 0 Å². The molecule has 0 aliphatic rings. The summed E-state index contributed by atoms with van der Waals surface area (Å²) in [4.78, 5) is 9.69. The van der Waals surface area contributed by atoms with Crippen LogP contribution in [-0.2, 0) is 4.79 Å². The summed E-state index contributed by atoms with van der Waals surface area (Å²) >= 11 is 0. The van der Waals surface area contributed by atoms with Gasteiger partial charge in [0.1, 0.15) is 0 Å². The Morgan fingerprint density at radius 2 is 2.25 bits per heavy atom. The van der Waals surface area contributed by atoms with Gasteiger partial charge in [-0.1, -0.05) is 0 Å². The van der Waals surface area contributed by atoms with Crippen LogP contribution in [0.15, 0.2) is 11.3 Å². The van der Waals surface area contributed by atoms with Gasteiger partial charge >= 0.3 is 0 Å². The van der Waals surface area contributed by atoms with Gasteiger partial charge in [0.15, 0.2) is 12.0 Å². The lowest BCUT2D eigenvalue weighted by Crippen LogP contribution is -1.92. The summed E-state index contributed by atoms with van der Waals surface area (Å²) < 4.78 is 0. The topological polar surface area (TPSA) is 57.5 Å². The minimum Gasteiger partial charge on any atom is -0.505 e. The van der Waals surface area contributed by atoms with Gasteiger partial charge in [0.2, 0.25) is 0 Å². The van der Waals surface area contributed by atoms with E-state index < -0.39 is 0 Å². The maximum atomic E-state index is 9.69. The average molecular weight is 116 g/mol. The van der Waals surface area contributed by atoms with E-state index in [0.717, 1.165) is 0 Å². The number of hydrogen-bond acceptors (Lipinski definition) is 3. The normalized spacial score (nSPS) is 12.8. The monoisotopic (exact) mass is 116 g/mol. The molecule has 0 rings (SSSR count). The van der Waals surface area contributed by atoms with Crippen molar-refractivity contribution < 1.29 is 15.0 Å². The van der Waals surface area contributed by atoms with Crippen molar-refractivity contribution in [3.05, 3.63) is 11.3 Å². The summed E-state index contributed by atoms with van der Waals surface area (Å²) in [5, 5.41) is 16.7. The zero-order valence-electron chi connectivity index (χ0n) is 4.59. The van der Waals surface area contributed by atoms with Crippen LogP contribution in [0.4, 0.5) is 0 Å². The number of hydrogen-bond donors (Lipinski definition) is 2. The molecule has 46 valence electrons. The molecule has 0 atom stereocenters. The second-order valence-corrected chi connectivity index (χ2v) is 1.44. The van der Waals surface area contributed by atoms with Crippen molar-refractivity contribution in [3.8, 4) is 0 Å². The van der Waals surface area contributed by atoms with Crippen LogP contribution in [0.3, 0.4) is 0 Å². The zero-order chi connectivity index (χ0) is 6.57. The molecule has 0 heterocycles. The molecule has 2 N–H and O–H groups in total. The molecular weight excluding hydrogens is 108 g/mol. The Morgan fingerprint density at radius 1 is 1.75 bits per heavy atom. The third kappa shape index (κ3) is 1.75. The fourth-order valence-electron chi connectivity index (χ4n) is 0.182. The van der Waals surface area contributed by atoms with Crippen molar-refractivity contribution >= 4 is 6.29 Å². The molecule has 0 saturated carbocycles. The van der Waals surface area contributed by atoms with Crippen LogP contribution < -0.4 is 0 Å². The lowest BCUT2D eigenvalue weighted by molar-refractivity contribution is -0.107. The highest BCUT2D eigenvalue weighted by molar-refractivity contribution is 5.70. The van der Waals surface area contributed by atoms with Gasteiger partial charge in [-0.3, -0.25) is 4.79 Å². The molecule has 3 nitrogen and oxygen atoms in total. The summed E-state index contributed by atoms with van der Waals surface area (Å²) in [5.74, 6) is -0.382. The van der Waals surface area contributed by atoms with Crippen molar-refractivity contribution in [2.24, 2.45) is 0 Å². The highest BCUT2D eigenvalue weighted by atomic mass is 16.3. The smallest absolute Gasteiger partial charge is 0.184 e. The van der Waals surface area contributed by atoms with E-state index in [1.807, 2.05) is 0 Å². The second-order valence-electron chi connectivity index (χ2n) is 1.44. The SMILES string of the molecule is CC(CO)=C(O)C=O. The fraction of sp³-hybridized carbons (Fsp3) is 0.400. The Morgan fingerprint density at radius 3 is 2.38 bits per heavy atom. The number of aliphatic hydroxyl groups excluding tert-OH is 2. The third-order valence-corrected chi connectivity index (χ3v) is 0.786. The molecule has 0 amide bonds. The standard InChI is InChI=1S/C5H8O3/c1-4(2-6)5(8)3-7/h3,6,8H,2H2,1H3. The summed E-state index contributed by atoms with van der Waals surface area (Å²) in [6.45, 7) is 1.20. The third-order valence-electron chi connectivity index (χ3n) is 0.786. The Balaban J connectivity index is 4.03.